The quantitative estimate of drug-likeness (QED) is 0.548. The fraction of sp³-hybridized carbons (Fsp3) is 0.286. The highest BCUT2D eigenvalue weighted by molar-refractivity contribution is 6.02. The number of benzene rings is 1. The molecule has 2 aromatic rings. The van der Waals surface area contributed by atoms with Crippen molar-refractivity contribution in [3.8, 4) is 5.75 Å². The van der Waals surface area contributed by atoms with E-state index in [1.54, 1.807) is 24.1 Å². The van der Waals surface area contributed by atoms with Gasteiger partial charge in [0.15, 0.2) is 5.96 Å². The Labute approximate surface area is 122 Å². The number of carbonyl (C=O) groups excluding carboxylic acids is 1. The second kappa shape index (κ2) is 6.27. The second-order valence-electron chi connectivity index (χ2n) is 4.84. The molecule has 0 saturated carbocycles. The minimum atomic E-state index is -0.0995. The molecule has 0 atom stereocenters. The van der Waals surface area contributed by atoms with Gasteiger partial charge in [-0.05, 0) is 36.7 Å². The molecule has 3 rings (SSSR count). The lowest BCUT2D eigenvalue weighted by Crippen LogP contribution is -2.25. The van der Waals surface area contributed by atoms with Crippen LogP contribution in [0.25, 0.3) is 10.9 Å². The number of nitrogens with two attached hydrogens (primary N) is 1. The summed E-state index contributed by atoms with van der Waals surface area (Å²) >= 11 is 0. The van der Waals surface area contributed by atoms with Crippen LogP contribution in [0.1, 0.15) is 5.56 Å². The van der Waals surface area contributed by atoms with Gasteiger partial charge in [0.2, 0.25) is 5.91 Å². The minimum Gasteiger partial charge on any atom is -0.508 e. The zero-order valence-corrected chi connectivity index (χ0v) is 11.8. The van der Waals surface area contributed by atoms with E-state index in [1.165, 1.54) is 0 Å². The van der Waals surface area contributed by atoms with E-state index in [0.717, 1.165) is 22.9 Å². The number of aromatic amines is 1. The Morgan fingerprint density at radius 2 is 2.24 bits per heavy atom. The third kappa shape index (κ3) is 3.51. The molecule has 21 heavy (non-hydrogen) atoms. The molecule has 0 radical (unpaired) electrons. The first kappa shape index (κ1) is 14.9. The molecule has 6 N–H and O–H groups in total. The summed E-state index contributed by atoms with van der Waals surface area (Å²) in [6, 6.07) is 5.30. The van der Waals surface area contributed by atoms with Crippen molar-refractivity contribution in [2.24, 2.45) is 5.73 Å². The summed E-state index contributed by atoms with van der Waals surface area (Å²) in [6.45, 7) is 0.946. The van der Waals surface area contributed by atoms with Gasteiger partial charge in [-0.15, -0.1) is 0 Å². The van der Waals surface area contributed by atoms with Crippen molar-refractivity contribution >= 4 is 22.8 Å². The summed E-state index contributed by atoms with van der Waals surface area (Å²) in [5, 5.41) is 19.7. The Balaban J connectivity index is 0.000000173. The summed E-state index contributed by atoms with van der Waals surface area (Å²) in [5.41, 5.74) is 7.68. The number of hydrogen-bond donors (Lipinski definition) is 5. The number of hydrogen-bond acceptors (Lipinski definition) is 4. The minimum absolute atomic E-state index is 0.0995. The van der Waals surface area contributed by atoms with Crippen LogP contribution in [0.5, 0.6) is 5.75 Å². The normalized spacial score (nSPS) is 14.1. The number of guanidine groups is 1. The van der Waals surface area contributed by atoms with E-state index in [0.29, 0.717) is 18.8 Å². The van der Waals surface area contributed by atoms with Crippen LogP contribution in [0.3, 0.4) is 0 Å². The average molecular weight is 289 g/mol. The predicted molar refractivity (Wildman–Crippen MR) is 81.2 cm³/mol. The van der Waals surface area contributed by atoms with E-state index in [1.807, 2.05) is 12.3 Å². The number of H-pyrrole nitrogens is 1. The smallest absolute Gasteiger partial charge is 0.246 e. The van der Waals surface area contributed by atoms with Gasteiger partial charge in [-0.3, -0.25) is 15.5 Å². The van der Waals surface area contributed by atoms with Gasteiger partial charge in [0.1, 0.15) is 5.75 Å². The summed E-state index contributed by atoms with van der Waals surface area (Å²) in [5.74, 6) is 0.387. The van der Waals surface area contributed by atoms with Gasteiger partial charge in [0.25, 0.3) is 0 Å². The molecule has 1 aromatic heterocycles. The van der Waals surface area contributed by atoms with Crippen LogP contribution in [0.15, 0.2) is 24.4 Å². The summed E-state index contributed by atoms with van der Waals surface area (Å²) in [6.07, 6.45) is 2.78. The van der Waals surface area contributed by atoms with E-state index in [4.69, 9.17) is 11.1 Å². The Morgan fingerprint density at radius 3 is 2.76 bits per heavy atom. The highest BCUT2D eigenvalue weighted by Crippen LogP contribution is 2.22. The monoisotopic (exact) mass is 289 g/mol. The lowest BCUT2D eigenvalue weighted by atomic mass is 10.1. The van der Waals surface area contributed by atoms with Crippen LogP contribution < -0.4 is 11.1 Å². The fourth-order valence-electron chi connectivity index (χ4n) is 2.09. The predicted octanol–water partition coefficient (Wildman–Crippen LogP) is 0.357. The van der Waals surface area contributed by atoms with Crippen LogP contribution in [-0.4, -0.2) is 47.0 Å². The number of rotatable bonds is 2. The van der Waals surface area contributed by atoms with E-state index in [9.17, 15) is 9.90 Å². The maximum absolute atomic E-state index is 10.4. The molecule has 1 fully saturated rings. The van der Waals surface area contributed by atoms with Gasteiger partial charge >= 0.3 is 0 Å². The third-order valence-electron chi connectivity index (χ3n) is 3.19. The van der Waals surface area contributed by atoms with Crippen LogP contribution in [0.4, 0.5) is 0 Å². The van der Waals surface area contributed by atoms with Crippen molar-refractivity contribution < 1.29 is 9.90 Å². The number of phenols is 1. The molecular weight excluding hydrogens is 270 g/mol. The Morgan fingerprint density at radius 1 is 1.48 bits per heavy atom. The Hall–Kier alpha value is -2.54. The van der Waals surface area contributed by atoms with Gasteiger partial charge in [-0.1, -0.05) is 0 Å². The maximum Gasteiger partial charge on any atom is 0.246 e. The molecule has 1 aliphatic rings. The van der Waals surface area contributed by atoms with Gasteiger partial charge in [-0.25, -0.2) is 0 Å². The standard InChI is InChI=1S/C10H12N2O.C4H7N3O/c11-4-3-7-6-12-10-2-1-8(13)5-9(7)10;1-7-2-3(8)6-4(7)5/h1-2,5-6,12-13H,3-4,11H2;2H2,1H3,(H2,5,6,8). The first-order valence-corrected chi connectivity index (χ1v) is 6.60. The SMILES string of the molecule is CN1CC(=O)NC1=N.NCCc1c[nH]c2ccc(O)cc12. The summed E-state index contributed by atoms with van der Waals surface area (Å²) in [4.78, 5) is 15.0. The number of carbonyl (C=O) groups is 1. The van der Waals surface area contributed by atoms with Crippen molar-refractivity contribution in [3.05, 3.63) is 30.0 Å². The van der Waals surface area contributed by atoms with Crippen molar-refractivity contribution in [1.29, 1.82) is 5.41 Å². The van der Waals surface area contributed by atoms with E-state index < -0.39 is 0 Å². The fourth-order valence-corrected chi connectivity index (χ4v) is 2.09. The number of nitrogens with zero attached hydrogens (tertiary/aromatic N) is 1. The Bertz CT molecular complexity index is 664. The number of nitrogens with one attached hydrogen (secondary N) is 3. The lowest BCUT2D eigenvalue weighted by Gasteiger charge is -2.03. The molecule has 1 aliphatic heterocycles. The van der Waals surface area contributed by atoms with E-state index >= 15 is 0 Å². The third-order valence-corrected chi connectivity index (χ3v) is 3.19. The first-order chi connectivity index (χ1) is 10.0. The molecule has 1 amide bonds. The number of fused-ring (bicyclic) bond motifs is 1. The number of amides is 1. The van der Waals surface area contributed by atoms with Gasteiger partial charge in [-0.2, -0.15) is 0 Å². The van der Waals surface area contributed by atoms with Crippen molar-refractivity contribution in [2.75, 3.05) is 20.1 Å². The van der Waals surface area contributed by atoms with E-state index in [-0.39, 0.29) is 11.9 Å². The average Bonchev–Trinajstić information content (AvgIpc) is 2.95. The molecule has 2 heterocycles. The zero-order chi connectivity index (χ0) is 15.4. The largest absolute Gasteiger partial charge is 0.508 e. The second-order valence-corrected chi connectivity index (χ2v) is 4.84. The topological polar surface area (TPSA) is 118 Å². The molecule has 0 spiro atoms. The molecular formula is C14H19N5O2. The summed E-state index contributed by atoms with van der Waals surface area (Å²) in [7, 11) is 1.69. The molecule has 0 unspecified atom stereocenters. The van der Waals surface area contributed by atoms with Crippen molar-refractivity contribution in [3.63, 3.8) is 0 Å². The molecule has 1 saturated heterocycles. The number of aromatic hydroxyl groups is 1. The molecule has 1 aromatic carbocycles. The van der Waals surface area contributed by atoms with Gasteiger partial charge in [0, 0.05) is 24.1 Å². The van der Waals surface area contributed by atoms with Crippen molar-refractivity contribution in [2.45, 2.75) is 6.42 Å². The molecule has 0 bridgehead atoms. The van der Waals surface area contributed by atoms with Crippen LogP contribution in [-0.2, 0) is 11.2 Å². The first-order valence-electron chi connectivity index (χ1n) is 6.60. The summed E-state index contributed by atoms with van der Waals surface area (Å²) < 4.78 is 0. The molecule has 0 aliphatic carbocycles. The van der Waals surface area contributed by atoms with Gasteiger partial charge in [0.05, 0.1) is 6.54 Å². The van der Waals surface area contributed by atoms with Gasteiger partial charge < -0.3 is 20.7 Å². The maximum atomic E-state index is 10.4. The Kier molecular flexibility index (Phi) is 4.44. The lowest BCUT2D eigenvalue weighted by molar-refractivity contribution is -0.118. The molecule has 112 valence electrons. The number of phenolic OH excluding ortho intramolecular Hbond substituents is 1. The number of likely N-dealkylation sites (N-methyl/N-ethyl adjacent to an activating group) is 1. The van der Waals surface area contributed by atoms with Crippen LogP contribution in [0, 0.1) is 5.41 Å². The molecule has 7 nitrogen and oxygen atoms in total. The number of aromatic nitrogens is 1. The molecule has 7 heteroatoms. The highest BCUT2D eigenvalue weighted by atomic mass is 16.3. The van der Waals surface area contributed by atoms with E-state index in [2.05, 4.69) is 10.3 Å². The zero-order valence-electron chi connectivity index (χ0n) is 11.8. The van der Waals surface area contributed by atoms with Crippen molar-refractivity contribution in [1.82, 2.24) is 15.2 Å². The highest BCUT2D eigenvalue weighted by Gasteiger charge is 2.18. The van der Waals surface area contributed by atoms with Crippen LogP contribution in [0.2, 0.25) is 0 Å². The van der Waals surface area contributed by atoms with Crippen LogP contribution >= 0.6 is 0 Å².